The molecule has 1 aliphatic heterocycles. The Morgan fingerprint density at radius 1 is 1.33 bits per heavy atom. The molecule has 1 fully saturated rings. The summed E-state index contributed by atoms with van der Waals surface area (Å²) in [4.78, 5) is 24.3. The molecule has 0 aromatic heterocycles. The molecule has 1 amide bonds. The van der Waals surface area contributed by atoms with Crippen molar-refractivity contribution < 1.29 is 14.7 Å². The highest BCUT2D eigenvalue weighted by atomic mass is 16.4. The second-order valence-corrected chi connectivity index (χ2v) is 5.20. The summed E-state index contributed by atoms with van der Waals surface area (Å²) >= 11 is 0. The van der Waals surface area contributed by atoms with E-state index in [1.54, 1.807) is 0 Å². The predicted octanol–water partition coefficient (Wildman–Crippen LogP) is 2.13. The lowest BCUT2D eigenvalue weighted by atomic mass is 9.69. The average molecular weight is 213 g/mol. The minimum Gasteiger partial charge on any atom is -0.465 e. The highest BCUT2D eigenvalue weighted by Crippen LogP contribution is 2.44. The van der Waals surface area contributed by atoms with Gasteiger partial charge < -0.3 is 5.11 Å². The number of nitrogens with zero attached hydrogens (tertiary/aromatic N) is 1. The van der Waals surface area contributed by atoms with Gasteiger partial charge in [-0.3, -0.25) is 9.69 Å². The maximum absolute atomic E-state index is 11.8. The van der Waals surface area contributed by atoms with Crippen molar-refractivity contribution in [3.05, 3.63) is 0 Å². The van der Waals surface area contributed by atoms with Crippen LogP contribution in [0.4, 0.5) is 4.79 Å². The van der Waals surface area contributed by atoms with Gasteiger partial charge in [0.25, 0.3) is 0 Å². The van der Waals surface area contributed by atoms with Gasteiger partial charge in [0, 0.05) is 6.54 Å². The number of ketones is 1. The van der Waals surface area contributed by atoms with Crippen LogP contribution < -0.4 is 0 Å². The summed E-state index contributed by atoms with van der Waals surface area (Å²) in [6.07, 6.45) is 0.416. The third-order valence-electron chi connectivity index (χ3n) is 3.44. The predicted molar refractivity (Wildman–Crippen MR) is 56.8 cm³/mol. The van der Waals surface area contributed by atoms with Crippen LogP contribution in [0.1, 0.15) is 40.5 Å². The second kappa shape index (κ2) is 3.51. The van der Waals surface area contributed by atoms with E-state index in [1.165, 1.54) is 11.8 Å². The maximum atomic E-state index is 11.8. The lowest BCUT2D eigenvalue weighted by Crippen LogP contribution is -2.59. The molecule has 4 nitrogen and oxygen atoms in total. The lowest BCUT2D eigenvalue weighted by molar-refractivity contribution is -0.132. The van der Waals surface area contributed by atoms with E-state index in [-0.39, 0.29) is 11.2 Å². The Labute approximate surface area is 90.3 Å². The number of carboxylic acid groups (broad SMARTS) is 1. The molecule has 1 N–H and O–H groups in total. The van der Waals surface area contributed by atoms with E-state index in [0.717, 1.165) is 6.42 Å². The van der Waals surface area contributed by atoms with Crippen LogP contribution in [0.15, 0.2) is 0 Å². The fourth-order valence-corrected chi connectivity index (χ4v) is 2.75. The quantitative estimate of drug-likeness (QED) is 0.726. The number of likely N-dealkylation sites (tertiary alicyclic amines) is 1. The summed E-state index contributed by atoms with van der Waals surface area (Å²) in [5, 5.41) is 9.13. The standard InChI is InChI=1S/C11H19NO3/c1-8(13)11(10(2,3)4)6-5-7-12(11)9(14)15/h5-7H2,1-4H3,(H,14,15). The minimum absolute atomic E-state index is 0.0464. The smallest absolute Gasteiger partial charge is 0.408 e. The second-order valence-electron chi connectivity index (χ2n) is 5.20. The SMILES string of the molecule is CC(=O)C1(C(C)(C)C)CCCN1C(=O)O. The molecular weight excluding hydrogens is 194 g/mol. The molecule has 1 unspecified atom stereocenters. The summed E-state index contributed by atoms with van der Waals surface area (Å²) in [7, 11) is 0. The topological polar surface area (TPSA) is 57.6 Å². The normalized spacial score (nSPS) is 26.8. The summed E-state index contributed by atoms with van der Waals surface area (Å²) in [6, 6.07) is 0. The maximum Gasteiger partial charge on any atom is 0.408 e. The van der Waals surface area contributed by atoms with Crippen molar-refractivity contribution in [2.75, 3.05) is 6.54 Å². The van der Waals surface area contributed by atoms with Crippen LogP contribution in [-0.4, -0.2) is 34.0 Å². The molecule has 0 aliphatic carbocycles. The van der Waals surface area contributed by atoms with Crippen molar-refractivity contribution in [2.45, 2.75) is 46.1 Å². The van der Waals surface area contributed by atoms with Crippen LogP contribution in [0, 0.1) is 5.41 Å². The van der Waals surface area contributed by atoms with Gasteiger partial charge in [0.15, 0.2) is 5.78 Å². The van der Waals surface area contributed by atoms with Gasteiger partial charge in [0.1, 0.15) is 5.54 Å². The summed E-state index contributed by atoms with van der Waals surface area (Å²) < 4.78 is 0. The van der Waals surface area contributed by atoms with Crippen LogP contribution in [0.5, 0.6) is 0 Å². The zero-order valence-electron chi connectivity index (χ0n) is 9.83. The fraction of sp³-hybridized carbons (Fsp3) is 0.818. The fourth-order valence-electron chi connectivity index (χ4n) is 2.75. The first-order chi connectivity index (χ1) is 6.73. The largest absolute Gasteiger partial charge is 0.465 e. The van der Waals surface area contributed by atoms with Crippen molar-refractivity contribution in [3.63, 3.8) is 0 Å². The van der Waals surface area contributed by atoms with Crippen LogP contribution >= 0.6 is 0 Å². The van der Waals surface area contributed by atoms with Gasteiger partial charge in [-0.25, -0.2) is 4.79 Å². The highest BCUT2D eigenvalue weighted by molar-refractivity contribution is 5.91. The van der Waals surface area contributed by atoms with Gasteiger partial charge in [-0.1, -0.05) is 20.8 Å². The molecule has 0 spiro atoms. The van der Waals surface area contributed by atoms with Crippen LogP contribution in [-0.2, 0) is 4.79 Å². The minimum atomic E-state index is -0.988. The number of carbonyl (C=O) groups is 2. The van der Waals surface area contributed by atoms with Gasteiger partial charge in [-0.05, 0) is 25.2 Å². The van der Waals surface area contributed by atoms with Gasteiger partial charge in [0.2, 0.25) is 0 Å². The average Bonchev–Trinajstić information content (AvgIpc) is 2.45. The molecule has 1 saturated heterocycles. The van der Waals surface area contributed by atoms with Crippen molar-refractivity contribution in [1.82, 2.24) is 4.90 Å². The molecule has 4 heteroatoms. The first-order valence-corrected chi connectivity index (χ1v) is 5.25. The molecule has 1 aliphatic rings. The van der Waals surface area contributed by atoms with Crippen LogP contribution in [0.3, 0.4) is 0 Å². The monoisotopic (exact) mass is 213 g/mol. The van der Waals surface area contributed by atoms with Gasteiger partial charge >= 0.3 is 6.09 Å². The molecule has 15 heavy (non-hydrogen) atoms. The van der Waals surface area contributed by atoms with Crippen LogP contribution in [0.25, 0.3) is 0 Å². The van der Waals surface area contributed by atoms with E-state index in [0.29, 0.717) is 13.0 Å². The molecule has 0 aromatic carbocycles. The third kappa shape index (κ3) is 1.62. The van der Waals surface area contributed by atoms with Gasteiger partial charge in [0.05, 0.1) is 0 Å². The molecule has 0 radical (unpaired) electrons. The number of rotatable bonds is 1. The zero-order valence-corrected chi connectivity index (χ0v) is 9.83. The van der Waals surface area contributed by atoms with E-state index in [2.05, 4.69) is 0 Å². The Morgan fingerprint density at radius 3 is 2.13 bits per heavy atom. The number of Topliss-reactive ketones (excluding diaryl/α,β-unsaturated/α-hetero) is 1. The van der Waals surface area contributed by atoms with Crippen molar-refractivity contribution in [2.24, 2.45) is 5.41 Å². The van der Waals surface area contributed by atoms with Crippen LogP contribution in [0.2, 0.25) is 0 Å². The van der Waals surface area contributed by atoms with E-state index < -0.39 is 11.6 Å². The van der Waals surface area contributed by atoms with Gasteiger partial charge in [-0.15, -0.1) is 0 Å². The van der Waals surface area contributed by atoms with E-state index >= 15 is 0 Å². The Morgan fingerprint density at radius 2 is 1.87 bits per heavy atom. The number of carbonyl (C=O) groups excluding carboxylic acids is 1. The zero-order chi connectivity index (χ0) is 11.9. The van der Waals surface area contributed by atoms with Gasteiger partial charge in [-0.2, -0.15) is 0 Å². The highest BCUT2D eigenvalue weighted by Gasteiger charge is 2.55. The van der Waals surface area contributed by atoms with Crippen molar-refractivity contribution >= 4 is 11.9 Å². The molecule has 1 atom stereocenters. The Bertz CT molecular complexity index is 293. The molecule has 1 heterocycles. The number of amides is 1. The summed E-state index contributed by atoms with van der Waals surface area (Å²) in [6.45, 7) is 7.74. The molecular formula is C11H19NO3. The van der Waals surface area contributed by atoms with E-state index in [1.807, 2.05) is 20.8 Å². The molecule has 1 rings (SSSR count). The number of hydrogen-bond donors (Lipinski definition) is 1. The van der Waals surface area contributed by atoms with Crippen molar-refractivity contribution in [3.8, 4) is 0 Å². The third-order valence-corrected chi connectivity index (χ3v) is 3.44. The molecule has 0 aromatic rings. The Balaban J connectivity index is 3.22. The first kappa shape index (κ1) is 12.0. The number of hydrogen-bond acceptors (Lipinski definition) is 2. The van der Waals surface area contributed by atoms with E-state index in [4.69, 9.17) is 5.11 Å². The Hall–Kier alpha value is -1.06. The Kier molecular flexibility index (Phi) is 2.81. The summed E-state index contributed by atoms with van der Waals surface area (Å²) in [5.74, 6) is -0.0464. The van der Waals surface area contributed by atoms with E-state index in [9.17, 15) is 9.59 Å². The molecule has 0 bridgehead atoms. The molecule has 0 saturated carbocycles. The molecule has 86 valence electrons. The lowest BCUT2D eigenvalue weighted by Gasteiger charge is -2.45. The van der Waals surface area contributed by atoms with Crippen molar-refractivity contribution in [1.29, 1.82) is 0 Å². The first-order valence-electron chi connectivity index (χ1n) is 5.25. The summed E-state index contributed by atoms with van der Waals surface area (Å²) in [5.41, 5.74) is -1.19.